The molecule has 0 N–H and O–H groups in total. The minimum atomic E-state index is 0.00407. The van der Waals surface area contributed by atoms with Crippen molar-refractivity contribution in [3.63, 3.8) is 0 Å². The first kappa shape index (κ1) is 14.9. The molecule has 0 unspecified atom stereocenters. The summed E-state index contributed by atoms with van der Waals surface area (Å²) >= 11 is 6.08. The first-order valence-corrected chi connectivity index (χ1v) is 8.09. The molecule has 0 atom stereocenters. The smallest absolute Gasteiger partial charge is 0.254 e. The first-order chi connectivity index (χ1) is 11.7. The Labute approximate surface area is 144 Å². The average molecular weight is 339 g/mol. The number of pyridine rings is 1. The fourth-order valence-electron chi connectivity index (χ4n) is 2.97. The predicted octanol–water partition coefficient (Wildman–Crippen LogP) is 3.12. The molecule has 120 valence electrons. The third kappa shape index (κ3) is 2.78. The lowest BCUT2D eigenvalue weighted by atomic mass is 9.99. The molecule has 4 rings (SSSR count). The number of amides is 1. The van der Waals surface area contributed by atoms with Crippen LogP contribution in [0.2, 0.25) is 5.02 Å². The van der Waals surface area contributed by atoms with Crippen LogP contribution in [0.1, 0.15) is 21.5 Å². The molecule has 0 saturated carbocycles. The molecule has 5 nitrogen and oxygen atoms in total. The summed E-state index contributed by atoms with van der Waals surface area (Å²) in [5.74, 6) is 0.684. The highest BCUT2D eigenvalue weighted by Gasteiger charge is 2.22. The van der Waals surface area contributed by atoms with E-state index >= 15 is 0 Å². The number of carbonyl (C=O) groups is 1. The summed E-state index contributed by atoms with van der Waals surface area (Å²) < 4.78 is 1.78. The molecule has 0 saturated heterocycles. The van der Waals surface area contributed by atoms with E-state index in [0.717, 1.165) is 12.0 Å². The second-order valence-electron chi connectivity index (χ2n) is 5.76. The van der Waals surface area contributed by atoms with Gasteiger partial charge >= 0.3 is 0 Å². The number of fused-ring (bicyclic) bond motifs is 1. The lowest BCUT2D eigenvalue weighted by molar-refractivity contribution is 0.0734. The van der Waals surface area contributed by atoms with Crippen LogP contribution in [0.3, 0.4) is 0 Å². The molecule has 0 bridgehead atoms. The maximum atomic E-state index is 12.9. The van der Waals surface area contributed by atoms with Crippen molar-refractivity contribution >= 4 is 17.5 Å². The van der Waals surface area contributed by atoms with Gasteiger partial charge in [0.2, 0.25) is 0 Å². The van der Waals surface area contributed by atoms with E-state index in [4.69, 9.17) is 11.6 Å². The highest BCUT2D eigenvalue weighted by Crippen LogP contribution is 2.24. The highest BCUT2D eigenvalue weighted by molar-refractivity contribution is 6.30. The second-order valence-corrected chi connectivity index (χ2v) is 6.20. The Morgan fingerprint density at radius 3 is 2.88 bits per heavy atom. The molecule has 2 aromatic heterocycles. The topological polar surface area (TPSA) is 51.0 Å². The number of aromatic nitrogens is 3. The van der Waals surface area contributed by atoms with Crippen LogP contribution in [0, 0.1) is 0 Å². The molecular formula is C18H15ClN4O. The van der Waals surface area contributed by atoms with E-state index in [9.17, 15) is 4.79 Å². The van der Waals surface area contributed by atoms with Crippen LogP contribution in [-0.4, -0.2) is 31.9 Å². The van der Waals surface area contributed by atoms with Crippen LogP contribution < -0.4 is 0 Å². The molecule has 1 aliphatic rings. The van der Waals surface area contributed by atoms with Gasteiger partial charge in [-0.2, -0.15) is 0 Å². The van der Waals surface area contributed by atoms with Gasteiger partial charge in [-0.1, -0.05) is 17.7 Å². The van der Waals surface area contributed by atoms with Gasteiger partial charge in [0.1, 0.15) is 12.1 Å². The summed E-state index contributed by atoms with van der Waals surface area (Å²) in [6.45, 7) is 1.29. The summed E-state index contributed by atoms with van der Waals surface area (Å²) in [6.07, 6.45) is 7.64. The lowest BCUT2D eigenvalue weighted by Crippen LogP contribution is -2.36. The first-order valence-electron chi connectivity index (χ1n) is 7.72. The number of rotatable bonds is 2. The molecular weight excluding hydrogens is 324 g/mol. The van der Waals surface area contributed by atoms with E-state index in [1.165, 1.54) is 5.56 Å². The van der Waals surface area contributed by atoms with Crippen LogP contribution >= 0.6 is 11.6 Å². The Kier molecular flexibility index (Phi) is 3.78. The summed E-state index contributed by atoms with van der Waals surface area (Å²) in [7, 11) is 0. The number of hydrogen-bond acceptors (Lipinski definition) is 3. The van der Waals surface area contributed by atoms with Gasteiger partial charge in [-0.15, -0.1) is 0 Å². The lowest BCUT2D eigenvalue weighted by Gasteiger charge is -2.29. The minimum Gasteiger partial charge on any atom is -0.334 e. The van der Waals surface area contributed by atoms with Crippen LogP contribution in [0.25, 0.3) is 5.82 Å². The zero-order valence-corrected chi connectivity index (χ0v) is 13.6. The third-order valence-corrected chi connectivity index (χ3v) is 4.46. The summed E-state index contributed by atoms with van der Waals surface area (Å²) in [4.78, 5) is 23.0. The normalized spacial score (nSPS) is 13.6. The summed E-state index contributed by atoms with van der Waals surface area (Å²) in [5.41, 5.74) is 3.00. The second kappa shape index (κ2) is 6.09. The number of hydrogen-bond donors (Lipinski definition) is 0. The van der Waals surface area contributed by atoms with E-state index < -0.39 is 0 Å². The summed E-state index contributed by atoms with van der Waals surface area (Å²) in [6, 6.07) is 9.43. The van der Waals surface area contributed by atoms with Crippen LogP contribution in [0.5, 0.6) is 0 Å². The van der Waals surface area contributed by atoms with Gasteiger partial charge in [-0.25, -0.2) is 9.97 Å². The largest absolute Gasteiger partial charge is 0.334 e. The molecule has 0 radical (unpaired) electrons. The van der Waals surface area contributed by atoms with Gasteiger partial charge in [0.25, 0.3) is 5.91 Å². The maximum Gasteiger partial charge on any atom is 0.254 e. The van der Waals surface area contributed by atoms with Crippen molar-refractivity contribution in [3.8, 4) is 5.82 Å². The number of carbonyl (C=O) groups excluding carboxylic acids is 1. The van der Waals surface area contributed by atoms with Crippen LogP contribution in [-0.2, 0) is 13.0 Å². The highest BCUT2D eigenvalue weighted by atomic mass is 35.5. The number of halogens is 1. The predicted molar refractivity (Wildman–Crippen MR) is 91.3 cm³/mol. The van der Waals surface area contributed by atoms with Crippen LogP contribution in [0.15, 0.2) is 55.2 Å². The van der Waals surface area contributed by atoms with Crippen LogP contribution in [0.4, 0.5) is 0 Å². The van der Waals surface area contributed by atoms with Crippen molar-refractivity contribution in [1.29, 1.82) is 0 Å². The third-order valence-electron chi connectivity index (χ3n) is 4.23. The average Bonchev–Trinajstić information content (AvgIpc) is 3.15. The van der Waals surface area contributed by atoms with E-state index in [0.29, 0.717) is 29.5 Å². The van der Waals surface area contributed by atoms with Gasteiger partial charge < -0.3 is 4.90 Å². The van der Waals surface area contributed by atoms with Crippen molar-refractivity contribution in [1.82, 2.24) is 19.4 Å². The molecule has 3 aromatic rings. The number of imidazole rings is 1. The molecule has 24 heavy (non-hydrogen) atoms. The Balaban J connectivity index is 1.60. The van der Waals surface area contributed by atoms with Gasteiger partial charge in [-0.05, 0) is 41.8 Å². The van der Waals surface area contributed by atoms with Crippen molar-refractivity contribution in [3.05, 3.63) is 77.0 Å². The molecule has 1 aromatic carbocycles. The van der Waals surface area contributed by atoms with E-state index in [1.807, 2.05) is 23.1 Å². The van der Waals surface area contributed by atoms with Gasteiger partial charge in [0, 0.05) is 42.3 Å². The Bertz CT molecular complexity index is 892. The van der Waals surface area contributed by atoms with Gasteiger partial charge in [0.15, 0.2) is 0 Å². The Morgan fingerprint density at radius 1 is 1.12 bits per heavy atom. The van der Waals surface area contributed by atoms with Gasteiger partial charge in [0.05, 0.1) is 0 Å². The standard InChI is InChI=1S/C18H15ClN4O/c19-16-2-1-13-4-7-22(11-15(13)9-16)18(24)14-3-5-21-17(10-14)23-8-6-20-12-23/h1-3,5-6,8-10,12H,4,7,11H2. The zero-order chi connectivity index (χ0) is 16.5. The van der Waals surface area contributed by atoms with E-state index in [2.05, 4.69) is 9.97 Å². The molecule has 0 fully saturated rings. The molecule has 0 spiro atoms. The quantitative estimate of drug-likeness (QED) is 0.721. The fourth-order valence-corrected chi connectivity index (χ4v) is 3.16. The zero-order valence-electron chi connectivity index (χ0n) is 12.9. The van der Waals surface area contributed by atoms with Gasteiger partial charge in [-0.3, -0.25) is 9.36 Å². The van der Waals surface area contributed by atoms with E-state index in [-0.39, 0.29) is 5.91 Å². The number of benzene rings is 1. The van der Waals surface area contributed by atoms with Crippen molar-refractivity contribution in [2.24, 2.45) is 0 Å². The summed E-state index contributed by atoms with van der Waals surface area (Å²) in [5, 5.41) is 0.703. The molecule has 1 amide bonds. The Morgan fingerprint density at radius 2 is 2.04 bits per heavy atom. The van der Waals surface area contributed by atoms with Crippen molar-refractivity contribution in [2.75, 3.05) is 6.54 Å². The molecule has 6 heteroatoms. The maximum absolute atomic E-state index is 12.9. The monoisotopic (exact) mass is 338 g/mol. The molecule has 1 aliphatic heterocycles. The van der Waals surface area contributed by atoms with E-state index in [1.54, 1.807) is 41.6 Å². The number of nitrogens with zero attached hydrogens (tertiary/aromatic N) is 4. The molecule has 3 heterocycles. The van der Waals surface area contributed by atoms with Crippen molar-refractivity contribution in [2.45, 2.75) is 13.0 Å². The van der Waals surface area contributed by atoms with Crippen molar-refractivity contribution < 1.29 is 4.79 Å². The Hall–Kier alpha value is -2.66. The fraction of sp³-hybridized carbons (Fsp3) is 0.167. The minimum absolute atomic E-state index is 0.00407. The SMILES string of the molecule is O=C(c1ccnc(-n2ccnc2)c1)N1CCc2ccc(Cl)cc2C1. The molecule has 0 aliphatic carbocycles.